The van der Waals surface area contributed by atoms with Gasteiger partial charge in [0.25, 0.3) is 0 Å². The first-order valence-corrected chi connectivity index (χ1v) is 6.52. The molecule has 1 rings (SSSR count). The molecule has 0 radical (unpaired) electrons. The third kappa shape index (κ3) is 4.26. The standard InChI is InChI=1S/C15H21NO4/c1-5-16(14(19)20-15(2,3)4)13(10-17)11-7-6-8-12(18)9-11/h6-10,13,18H,5H2,1-4H3. The predicted molar refractivity (Wildman–Crippen MR) is 75.5 cm³/mol. The van der Waals surface area contributed by atoms with Crippen LogP contribution in [0.15, 0.2) is 24.3 Å². The van der Waals surface area contributed by atoms with Gasteiger partial charge in [0.2, 0.25) is 0 Å². The van der Waals surface area contributed by atoms with E-state index in [1.807, 2.05) is 0 Å². The Labute approximate surface area is 119 Å². The van der Waals surface area contributed by atoms with Crippen molar-refractivity contribution in [2.45, 2.75) is 39.3 Å². The number of hydrogen-bond acceptors (Lipinski definition) is 4. The molecule has 0 aliphatic heterocycles. The second-order valence-electron chi connectivity index (χ2n) is 5.44. The minimum atomic E-state index is -0.776. The van der Waals surface area contributed by atoms with Gasteiger partial charge in [-0.05, 0) is 45.4 Å². The van der Waals surface area contributed by atoms with Crippen LogP contribution in [0.5, 0.6) is 5.75 Å². The molecular formula is C15H21NO4. The van der Waals surface area contributed by atoms with Crippen LogP contribution in [-0.2, 0) is 9.53 Å². The van der Waals surface area contributed by atoms with Crippen molar-refractivity contribution in [2.24, 2.45) is 0 Å². The Kier molecular flexibility index (Phi) is 5.13. The van der Waals surface area contributed by atoms with Crippen molar-refractivity contribution in [1.82, 2.24) is 4.90 Å². The van der Waals surface area contributed by atoms with Crippen LogP contribution >= 0.6 is 0 Å². The molecule has 1 amide bonds. The van der Waals surface area contributed by atoms with E-state index in [-0.39, 0.29) is 5.75 Å². The van der Waals surface area contributed by atoms with Crippen molar-refractivity contribution in [1.29, 1.82) is 0 Å². The Bertz CT molecular complexity index is 479. The van der Waals surface area contributed by atoms with E-state index in [0.29, 0.717) is 18.4 Å². The van der Waals surface area contributed by atoms with Gasteiger partial charge in [0.1, 0.15) is 23.7 Å². The highest BCUT2D eigenvalue weighted by Gasteiger charge is 2.28. The minimum Gasteiger partial charge on any atom is -0.508 e. The number of ether oxygens (including phenoxy) is 1. The highest BCUT2D eigenvalue weighted by atomic mass is 16.6. The van der Waals surface area contributed by atoms with E-state index in [2.05, 4.69) is 0 Å². The van der Waals surface area contributed by atoms with Gasteiger partial charge in [-0.1, -0.05) is 12.1 Å². The van der Waals surface area contributed by atoms with Crippen molar-refractivity contribution >= 4 is 12.4 Å². The Morgan fingerprint density at radius 1 is 1.45 bits per heavy atom. The Morgan fingerprint density at radius 3 is 2.55 bits per heavy atom. The molecule has 5 heteroatoms. The third-order valence-electron chi connectivity index (χ3n) is 2.65. The first-order chi connectivity index (χ1) is 9.28. The third-order valence-corrected chi connectivity index (χ3v) is 2.65. The summed E-state index contributed by atoms with van der Waals surface area (Å²) in [6.07, 6.45) is 0.114. The lowest BCUT2D eigenvalue weighted by molar-refractivity contribution is -0.112. The molecule has 0 bridgehead atoms. The molecule has 0 heterocycles. The van der Waals surface area contributed by atoms with E-state index in [1.54, 1.807) is 39.8 Å². The number of carbonyl (C=O) groups excluding carboxylic acids is 2. The Morgan fingerprint density at radius 2 is 2.10 bits per heavy atom. The van der Waals surface area contributed by atoms with Crippen LogP contribution in [-0.4, -0.2) is 34.5 Å². The molecule has 0 aliphatic rings. The van der Waals surface area contributed by atoms with Gasteiger partial charge in [0, 0.05) is 6.54 Å². The summed E-state index contributed by atoms with van der Waals surface area (Å²) in [5.41, 5.74) is -0.0794. The molecular weight excluding hydrogens is 258 g/mol. The highest BCUT2D eigenvalue weighted by molar-refractivity contribution is 5.75. The van der Waals surface area contributed by atoms with E-state index in [9.17, 15) is 14.7 Å². The summed E-state index contributed by atoms with van der Waals surface area (Å²) in [7, 11) is 0. The lowest BCUT2D eigenvalue weighted by Gasteiger charge is -2.30. The fraction of sp³-hybridized carbons (Fsp3) is 0.467. The molecule has 5 nitrogen and oxygen atoms in total. The minimum absolute atomic E-state index is 0.0505. The summed E-state index contributed by atoms with van der Waals surface area (Å²) >= 11 is 0. The Hall–Kier alpha value is -2.04. The van der Waals surface area contributed by atoms with Crippen LogP contribution in [0.1, 0.15) is 39.3 Å². The average Bonchev–Trinajstić information content (AvgIpc) is 2.33. The molecule has 1 atom stereocenters. The molecule has 1 aromatic rings. The summed E-state index contributed by atoms with van der Waals surface area (Å²) in [5.74, 6) is 0.0505. The second kappa shape index (κ2) is 6.41. The zero-order valence-electron chi connectivity index (χ0n) is 12.3. The highest BCUT2D eigenvalue weighted by Crippen LogP contribution is 2.24. The number of phenols is 1. The predicted octanol–water partition coefficient (Wildman–Crippen LogP) is 2.89. The van der Waals surface area contributed by atoms with Gasteiger partial charge < -0.3 is 14.6 Å². The van der Waals surface area contributed by atoms with Crippen LogP contribution in [0, 0.1) is 0 Å². The SMILES string of the molecule is CCN(C(=O)OC(C)(C)C)C(C=O)c1cccc(O)c1. The van der Waals surface area contributed by atoms with Crippen LogP contribution in [0.2, 0.25) is 0 Å². The second-order valence-corrected chi connectivity index (χ2v) is 5.44. The van der Waals surface area contributed by atoms with E-state index in [4.69, 9.17) is 4.74 Å². The lowest BCUT2D eigenvalue weighted by atomic mass is 10.1. The maximum atomic E-state index is 12.1. The van der Waals surface area contributed by atoms with Gasteiger partial charge in [-0.25, -0.2) is 4.79 Å². The number of hydrogen-bond donors (Lipinski definition) is 1. The number of aromatic hydroxyl groups is 1. The zero-order valence-corrected chi connectivity index (χ0v) is 12.3. The molecule has 0 spiro atoms. The monoisotopic (exact) mass is 279 g/mol. The fourth-order valence-corrected chi connectivity index (χ4v) is 1.80. The van der Waals surface area contributed by atoms with E-state index >= 15 is 0 Å². The number of aldehydes is 1. The largest absolute Gasteiger partial charge is 0.508 e. The first kappa shape index (κ1) is 16.0. The van der Waals surface area contributed by atoms with E-state index in [1.165, 1.54) is 17.0 Å². The quantitative estimate of drug-likeness (QED) is 0.861. The van der Waals surface area contributed by atoms with Gasteiger partial charge >= 0.3 is 6.09 Å². The summed E-state index contributed by atoms with van der Waals surface area (Å²) in [5, 5.41) is 9.49. The molecule has 0 aromatic heterocycles. The summed E-state index contributed by atoms with van der Waals surface area (Å²) in [6, 6.07) is 5.51. The summed E-state index contributed by atoms with van der Waals surface area (Å²) in [4.78, 5) is 24.8. The molecule has 0 saturated heterocycles. The zero-order chi connectivity index (χ0) is 15.3. The number of likely N-dealkylation sites (N-methyl/N-ethyl adjacent to an activating group) is 1. The normalized spacial score (nSPS) is 12.6. The summed E-state index contributed by atoms with van der Waals surface area (Å²) < 4.78 is 5.29. The van der Waals surface area contributed by atoms with E-state index < -0.39 is 17.7 Å². The van der Waals surface area contributed by atoms with Crippen molar-refractivity contribution < 1.29 is 19.4 Å². The van der Waals surface area contributed by atoms with Gasteiger partial charge in [-0.3, -0.25) is 4.90 Å². The average molecular weight is 279 g/mol. The number of amides is 1. The number of nitrogens with zero attached hydrogens (tertiary/aromatic N) is 1. The van der Waals surface area contributed by atoms with Crippen molar-refractivity contribution in [3.8, 4) is 5.75 Å². The molecule has 110 valence electrons. The maximum absolute atomic E-state index is 12.1. The van der Waals surface area contributed by atoms with Gasteiger partial charge in [-0.15, -0.1) is 0 Å². The molecule has 1 N–H and O–H groups in total. The van der Waals surface area contributed by atoms with E-state index in [0.717, 1.165) is 0 Å². The number of benzene rings is 1. The van der Waals surface area contributed by atoms with Gasteiger partial charge in [0.15, 0.2) is 0 Å². The molecule has 1 aromatic carbocycles. The van der Waals surface area contributed by atoms with Crippen LogP contribution in [0.25, 0.3) is 0 Å². The van der Waals surface area contributed by atoms with Crippen molar-refractivity contribution in [2.75, 3.05) is 6.54 Å². The number of rotatable bonds is 4. The number of carbonyl (C=O) groups is 2. The topological polar surface area (TPSA) is 66.8 Å². The summed E-state index contributed by atoms with van der Waals surface area (Å²) in [6.45, 7) is 7.40. The molecule has 1 unspecified atom stereocenters. The smallest absolute Gasteiger partial charge is 0.411 e. The van der Waals surface area contributed by atoms with Crippen LogP contribution < -0.4 is 0 Å². The number of phenolic OH excluding ortho intramolecular Hbond substituents is 1. The molecule has 0 aliphatic carbocycles. The maximum Gasteiger partial charge on any atom is 0.411 e. The van der Waals surface area contributed by atoms with Crippen LogP contribution in [0.3, 0.4) is 0 Å². The van der Waals surface area contributed by atoms with Crippen LogP contribution in [0.4, 0.5) is 4.79 Å². The molecule has 0 saturated carbocycles. The van der Waals surface area contributed by atoms with Crippen molar-refractivity contribution in [3.05, 3.63) is 29.8 Å². The Balaban J connectivity index is 3.01. The van der Waals surface area contributed by atoms with Crippen molar-refractivity contribution in [3.63, 3.8) is 0 Å². The molecule has 20 heavy (non-hydrogen) atoms. The first-order valence-electron chi connectivity index (χ1n) is 6.52. The lowest BCUT2D eigenvalue weighted by Crippen LogP contribution is -2.39. The molecule has 0 fully saturated rings. The van der Waals surface area contributed by atoms with Gasteiger partial charge in [0.05, 0.1) is 0 Å². The van der Waals surface area contributed by atoms with Gasteiger partial charge in [-0.2, -0.15) is 0 Å². The fourth-order valence-electron chi connectivity index (χ4n) is 1.80.